The van der Waals surface area contributed by atoms with Gasteiger partial charge in [-0.1, -0.05) is 17.7 Å². The Morgan fingerprint density at radius 3 is 2.80 bits per heavy atom. The van der Waals surface area contributed by atoms with Crippen LogP contribution in [0.4, 0.5) is 4.39 Å². The Labute approximate surface area is 153 Å². The first-order valence-corrected chi connectivity index (χ1v) is 8.84. The average Bonchev–Trinajstić information content (AvgIpc) is 3.08. The summed E-state index contributed by atoms with van der Waals surface area (Å²) in [4.78, 5) is 22.5. The van der Waals surface area contributed by atoms with Gasteiger partial charge < -0.3 is 10.0 Å². The van der Waals surface area contributed by atoms with E-state index in [1.54, 1.807) is 13.1 Å². The van der Waals surface area contributed by atoms with Crippen LogP contribution in [0.3, 0.4) is 0 Å². The van der Waals surface area contributed by atoms with Crippen LogP contribution in [0.5, 0.6) is 0 Å². The number of aliphatic imine (C=N–C) groups is 1. The molecular formula is C17H15ClFN3O2S. The zero-order valence-corrected chi connectivity index (χ0v) is 15.1. The Balaban J connectivity index is 2.23. The quantitative estimate of drug-likeness (QED) is 0.867. The van der Waals surface area contributed by atoms with Gasteiger partial charge in [0.2, 0.25) is 0 Å². The fraction of sp³-hybridized carbons (Fsp3) is 0.235. The van der Waals surface area contributed by atoms with E-state index in [9.17, 15) is 14.3 Å². The first kappa shape index (κ1) is 17.6. The number of hydrogen-bond acceptors (Lipinski definition) is 5. The van der Waals surface area contributed by atoms with Gasteiger partial charge in [0.05, 0.1) is 17.3 Å². The van der Waals surface area contributed by atoms with E-state index in [0.29, 0.717) is 28.6 Å². The van der Waals surface area contributed by atoms with Crippen LogP contribution in [0, 0.1) is 5.82 Å². The zero-order chi connectivity index (χ0) is 18.1. The van der Waals surface area contributed by atoms with Crippen LogP contribution >= 0.6 is 22.9 Å². The highest BCUT2D eigenvalue weighted by Gasteiger charge is 2.37. The summed E-state index contributed by atoms with van der Waals surface area (Å²) in [5.41, 5.74) is 1.02. The molecule has 25 heavy (non-hydrogen) atoms. The molecule has 0 spiro atoms. The van der Waals surface area contributed by atoms with Crippen molar-refractivity contribution in [2.45, 2.75) is 19.9 Å². The molecule has 2 heterocycles. The van der Waals surface area contributed by atoms with Crippen molar-refractivity contribution in [2.75, 3.05) is 6.54 Å². The monoisotopic (exact) mass is 379 g/mol. The predicted molar refractivity (Wildman–Crippen MR) is 95.5 cm³/mol. The lowest BCUT2D eigenvalue weighted by molar-refractivity contribution is -0.133. The minimum absolute atomic E-state index is 0.121. The standard InChI is InChI=1S/C17H15ClFN3O2S/c1-3-22-14(11-5-4-10(19)8-12(11)18)13(17(23)24)9(2)21-15(22)16-20-6-7-25-16/h4-8,14H,3H2,1-2H3,(H,23,24). The first-order chi connectivity index (χ1) is 11.9. The van der Waals surface area contributed by atoms with Crippen LogP contribution in [-0.4, -0.2) is 33.3 Å². The molecule has 1 aromatic heterocycles. The molecule has 5 nitrogen and oxygen atoms in total. The highest BCUT2D eigenvalue weighted by molar-refractivity contribution is 7.11. The van der Waals surface area contributed by atoms with Crippen LogP contribution in [0.15, 0.2) is 46.0 Å². The summed E-state index contributed by atoms with van der Waals surface area (Å²) < 4.78 is 13.5. The van der Waals surface area contributed by atoms with E-state index in [1.165, 1.54) is 29.5 Å². The SMILES string of the molecule is CCN1C(c2nccs2)=NC(C)=C(C(=O)O)C1c1ccc(F)cc1Cl. The molecule has 1 aromatic carbocycles. The second kappa shape index (κ2) is 6.93. The van der Waals surface area contributed by atoms with Gasteiger partial charge in [0.15, 0.2) is 10.8 Å². The summed E-state index contributed by atoms with van der Waals surface area (Å²) in [5, 5.41) is 12.4. The summed E-state index contributed by atoms with van der Waals surface area (Å²) in [6.07, 6.45) is 1.67. The minimum atomic E-state index is -1.08. The number of nitrogens with zero attached hydrogens (tertiary/aromatic N) is 3. The van der Waals surface area contributed by atoms with Gasteiger partial charge in [-0.15, -0.1) is 11.3 Å². The number of benzene rings is 1. The van der Waals surface area contributed by atoms with E-state index >= 15 is 0 Å². The number of carboxylic acids is 1. The molecule has 1 aliphatic heterocycles. The predicted octanol–water partition coefficient (Wildman–Crippen LogP) is 4.12. The van der Waals surface area contributed by atoms with Crippen molar-refractivity contribution >= 4 is 34.7 Å². The van der Waals surface area contributed by atoms with Crippen LogP contribution < -0.4 is 0 Å². The molecule has 130 valence electrons. The zero-order valence-electron chi connectivity index (χ0n) is 13.5. The molecule has 8 heteroatoms. The number of halogens is 2. The number of aromatic nitrogens is 1. The molecule has 2 aromatic rings. The van der Waals surface area contributed by atoms with Gasteiger partial charge in [-0.2, -0.15) is 0 Å². The molecule has 0 bridgehead atoms. The summed E-state index contributed by atoms with van der Waals surface area (Å²) >= 11 is 7.66. The van der Waals surface area contributed by atoms with E-state index in [2.05, 4.69) is 9.98 Å². The van der Waals surface area contributed by atoms with Crippen molar-refractivity contribution in [3.8, 4) is 0 Å². The van der Waals surface area contributed by atoms with Gasteiger partial charge in [-0.3, -0.25) is 0 Å². The van der Waals surface area contributed by atoms with Gasteiger partial charge in [-0.25, -0.2) is 19.2 Å². The summed E-state index contributed by atoms with van der Waals surface area (Å²) in [6.45, 7) is 4.03. The lowest BCUT2D eigenvalue weighted by atomic mass is 9.93. The largest absolute Gasteiger partial charge is 0.478 e. The number of likely N-dealkylation sites (N-methyl/N-ethyl adjacent to an activating group) is 1. The molecule has 0 radical (unpaired) electrons. The molecule has 1 atom stereocenters. The Morgan fingerprint density at radius 1 is 1.48 bits per heavy atom. The molecular weight excluding hydrogens is 365 g/mol. The van der Waals surface area contributed by atoms with Gasteiger partial charge in [-0.05, 0) is 31.5 Å². The molecule has 1 aliphatic rings. The van der Waals surface area contributed by atoms with Crippen molar-refractivity contribution in [2.24, 2.45) is 4.99 Å². The maximum atomic E-state index is 13.5. The Bertz CT molecular complexity index is 880. The number of rotatable bonds is 4. The first-order valence-electron chi connectivity index (χ1n) is 7.58. The third kappa shape index (κ3) is 3.17. The van der Waals surface area contributed by atoms with E-state index in [4.69, 9.17) is 11.6 Å². The number of carboxylic acid groups (broad SMARTS) is 1. The summed E-state index contributed by atoms with van der Waals surface area (Å²) in [5.74, 6) is -0.965. The average molecular weight is 380 g/mol. The smallest absolute Gasteiger partial charge is 0.335 e. The molecule has 0 saturated heterocycles. The maximum absolute atomic E-state index is 13.5. The molecule has 0 amide bonds. The van der Waals surface area contributed by atoms with Crippen LogP contribution in [-0.2, 0) is 4.79 Å². The van der Waals surface area contributed by atoms with Crippen molar-refractivity contribution < 1.29 is 14.3 Å². The van der Waals surface area contributed by atoms with Crippen molar-refractivity contribution in [1.29, 1.82) is 0 Å². The van der Waals surface area contributed by atoms with Crippen molar-refractivity contribution in [1.82, 2.24) is 9.88 Å². The van der Waals surface area contributed by atoms with Gasteiger partial charge in [0.1, 0.15) is 5.82 Å². The van der Waals surface area contributed by atoms with Gasteiger partial charge >= 0.3 is 5.97 Å². The minimum Gasteiger partial charge on any atom is -0.478 e. The number of carbonyl (C=O) groups is 1. The summed E-state index contributed by atoms with van der Waals surface area (Å²) in [7, 11) is 0. The molecule has 3 rings (SSSR count). The molecule has 0 aliphatic carbocycles. The van der Waals surface area contributed by atoms with Crippen LogP contribution in [0.1, 0.15) is 30.5 Å². The number of allylic oxidation sites excluding steroid dienone is 1. The van der Waals surface area contributed by atoms with Crippen LogP contribution in [0.25, 0.3) is 0 Å². The highest BCUT2D eigenvalue weighted by Crippen LogP contribution is 2.39. The Kier molecular flexibility index (Phi) is 4.87. The number of amidine groups is 1. The van der Waals surface area contributed by atoms with Crippen LogP contribution in [0.2, 0.25) is 5.02 Å². The maximum Gasteiger partial charge on any atom is 0.335 e. The molecule has 0 fully saturated rings. The van der Waals surface area contributed by atoms with E-state index in [1.807, 2.05) is 17.2 Å². The van der Waals surface area contributed by atoms with Crippen molar-refractivity contribution in [3.05, 3.63) is 62.5 Å². The molecule has 1 N–H and O–H groups in total. The topological polar surface area (TPSA) is 65.8 Å². The van der Waals surface area contributed by atoms with Gasteiger partial charge in [0, 0.05) is 23.1 Å². The normalized spacial score (nSPS) is 17.7. The fourth-order valence-corrected chi connectivity index (χ4v) is 3.83. The molecule has 0 saturated carbocycles. The number of hydrogen-bond donors (Lipinski definition) is 1. The molecule has 1 unspecified atom stereocenters. The third-order valence-electron chi connectivity index (χ3n) is 3.97. The number of thiazole rings is 1. The number of aliphatic carboxylic acids is 1. The van der Waals surface area contributed by atoms with Gasteiger partial charge in [0.25, 0.3) is 0 Å². The van der Waals surface area contributed by atoms with E-state index in [0.717, 1.165) is 0 Å². The second-order valence-corrected chi connectivity index (χ2v) is 6.73. The lowest BCUT2D eigenvalue weighted by Gasteiger charge is -2.37. The van der Waals surface area contributed by atoms with Crippen molar-refractivity contribution in [3.63, 3.8) is 0 Å². The van der Waals surface area contributed by atoms with E-state index < -0.39 is 17.8 Å². The fourth-order valence-electron chi connectivity index (χ4n) is 2.91. The third-order valence-corrected chi connectivity index (χ3v) is 5.07. The lowest BCUT2D eigenvalue weighted by Crippen LogP contribution is -2.40. The summed E-state index contributed by atoms with van der Waals surface area (Å²) in [6, 6.07) is 3.31. The Morgan fingerprint density at radius 2 is 2.24 bits per heavy atom. The highest BCUT2D eigenvalue weighted by atomic mass is 35.5. The van der Waals surface area contributed by atoms with E-state index in [-0.39, 0.29) is 10.6 Å². The second-order valence-electron chi connectivity index (χ2n) is 5.43. The Hall–Kier alpha value is -2.25.